The largest absolute Gasteiger partial charge is 0.486 e. The molecular formula is C13H7Br3FNO3. The summed E-state index contributed by atoms with van der Waals surface area (Å²) in [6.07, 6.45) is 0. The standard InChI is InChI=1S/C13H7Br3FNO3/c14-10-3-8(17)2-1-7(10)6-21-13-11(15)4-9(18(19)20)5-12(13)16/h1-5H,6H2. The maximum atomic E-state index is 13.0. The molecule has 21 heavy (non-hydrogen) atoms. The Kier molecular flexibility index (Phi) is 5.34. The summed E-state index contributed by atoms with van der Waals surface area (Å²) in [6, 6.07) is 7.01. The molecule has 8 heteroatoms. The lowest BCUT2D eigenvalue weighted by Crippen LogP contribution is -1.99. The number of ether oxygens (including phenoxy) is 1. The molecule has 0 saturated heterocycles. The molecular weight excluding hydrogens is 477 g/mol. The smallest absolute Gasteiger partial charge is 0.271 e. The molecule has 0 spiro atoms. The van der Waals surface area contributed by atoms with E-state index in [9.17, 15) is 14.5 Å². The highest BCUT2D eigenvalue weighted by Crippen LogP contribution is 2.37. The summed E-state index contributed by atoms with van der Waals surface area (Å²) in [7, 11) is 0. The van der Waals surface area contributed by atoms with Gasteiger partial charge in [0.1, 0.15) is 18.2 Å². The third kappa shape index (κ3) is 4.02. The van der Waals surface area contributed by atoms with Gasteiger partial charge in [-0.2, -0.15) is 0 Å². The second-order valence-electron chi connectivity index (χ2n) is 4.02. The Balaban J connectivity index is 2.22. The monoisotopic (exact) mass is 481 g/mol. The Bertz CT molecular complexity index is 686. The number of nitro benzene ring substituents is 1. The van der Waals surface area contributed by atoms with E-state index in [-0.39, 0.29) is 18.1 Å². The minimum Gasteiger partial charge on any atom is -0.486 e. The summed E-state index contributed by atoms with van der Waals surface area (Å²) in [5.41, 5.74) is 0.706. The van der Waals surface area contributed by atoms with Crippen molar-refractivity contribution in [1.29, 1.82) is 0 Å². The van der Waals surface area contributed by atoms with Gasteiger partial charge in [-0.25, -0.2) is 4.39 Å². The van der Waals surface area contributed by atoms with Crippen LogP contribution in [0.1, 0.15) is 5.56 Å². The second kappa shape index (κ2) is 6.85. The van der Waals surface area contributed by atoms with Gasteiger partial charge in [0.25, 0.3) is 5.69 Å². The van der Waals surface area contributed by atoms with Crippen LogP contribution in [0.4, 0.5) is 10.1 Å². The van der Waals surface area contributed by atoms with Crippen LogP contribution in [0.3, 0.4) is 0 Å². The van der Waals surface area contributed by atoms with E-state index in [0.717, 1.165) is 5.56 Å². The van der Waals surface area contributed by atoms with Crippen molar-refractivity contribution < 1.29 is 14.1 Å². The normalized spacial score (nSPS) is 10.5. The van der Waals surface area contributed by atoms with Gasteiger partial charge in [-0.15, -0.1) is 0 Å². The van der Waals surface area contributed by atoms with Crippen molar-refractivity contribution in [3.63, 3.8) is 0 Å². The van der Waals surface area contributed by atoms with Gasteiger partial charge < -0.3 is 4.74 Å². The van der Waals surface area contributed by atoms with E-state index in [1.54, 1.807) is 6.07 Å². The molecule has 0 aliphatic carbocycles. The molecule has 0 amide bonds. The number of nitro groups is 1. The van der Waals surface area contributed by atoms with Crippen LogP contribution in [0.25, 0.3) is 0 Å². The first-order chi connectivity index (χ1) is 9.88. The first-order valence-electron chi connectivity index (χ1n) is 5.58. The number of rotatable bonds is 4. The lowest BCUT2D eigenvalue weighted by molar-refractivity contribution is -0.385. The minimum atomic E-state index is -0.490. The van der Waals surface area contributed by atoms with Gasteiger partial charge >= 0.3 is 0 Å². The molecule has 2 aromatic carbocycles. The van der Waals surface area contributed by atoms with E-state index in [1.807, 2.05) is 0 Å². The Hall–Kier alpha value is -0.990. The van der Waals surface area contributed by atoms with Gasteiger partial charge in [0.05, 0.1) is 13.9 Å². The van der Waals surface area contributed by atoms with Gasteiger partial charge in [-0.3, -0.25) is 10.1 Å². The highest BCUT2D eigenvalue weighted by Gasteiger charge is 2.15. The lowest BCUT2D eigenvalue weighted by Gasteiger charge is -2.11. The summed E-state index contributed by atoms with van der Waals surface area (Å²) in [5, 5.41) is 10.8. The third-order valence-electron chi connectivity index (χ3n) is 2.58. The molecule has 0 aromatic heterocycles. The van der Waals surface area contributed by atoms with Crippen molar-refractivity contribution in [3.8, 4) is 5.75 Å². The van der Waals surface area contributed by atoms with Crippen molar-refractivity contribution in [1.82, 2.24) is 0 Å². The molecule has 0 saturated carbocycles. The Morgan fingerprint density at radius 3 is 2.24 bits per heavy atom. The fourth-order valence-electron chi connectivity index (χ4n) is 1.58. The third-order valence-corrected chi connectivity index (χ3v) is 4.50. The van der Waals surface area contributed by atoms with Crippen molar-refractivity contribution in [2.45, 2.75) is 6.61 Å². The molecule has 0 atom stereocenters. The predicted octanol–water partition coefficient (Wildman–Crippen LogP) is 5.60. The van der Waals surface area contributed by atoms with E-state index in [1.165, 1.54) is 24.3 Å². The van der Waals surface area contributed by atoms with E-state index >= 15 is 0 Å². The van der Waals surface area contributed by atoms with Crippen molar-refractivity contribution in [3.05, 3.63) is 65.2 Å². The first-order valence-corrected chi connectivity index (χ1v) is 7.96. The first kappa shape index (κ1) is 16.4. The van der Waals surface area contributed by atoms with Crippen LogP contribution in [0, 0.1) is 15.9 Å². The zero-order valence-electron chi connectivity index (χ0n) is 10.3. The summed E-state index contributed by atoms with van der Waals surface area (Å²) < 4.78 is 20.2. The fourth-order valence-corrected chi connectivity index (χ4v) is 3.43. The zero-order chi connectivity index (χ0) is 15.6. The predicted molar refractivity (Wildman–Crippen MR) is 86.9 cm³/mol. The van der Waals surface area contributed by atoms with Crippen LogP contribution in [0.15, 0.2) is 43.7 Å². The number of benzene rings is 2. The highest BCUT2D eigenvalue weighted by molar-refractivity contribution is 9.11. The number of nitrogens with zero attached hydrogens (tertiary/aromatic N) is 1. The Morgan fingerprint density at radius 2 is 1.71 bits per heavy atom. The quantitative estimate of drug-likeness (QED) is 0.420. The van der Waals surface area contributed by atoms with Crippen molar-refractivity contribution in [2.75, 3.05) is 0 Å². The Labute approximate surface area is 144 Å². The lowest BCUT2D eigenvalue weighted by atomic mass is 10.2. The van der Waals surface area contributed by atoms with Gasteiger partial charge in [0.2, 0.25) is 0 Å². The maximum Gasteiger partial charge on any atom is 0.271 e. The maximum absolute atomic E-state index is 13.0. The SMILES string of the molecule is O=[N+]([O-])c1cc(Br)c(OCc2ccc(F)cc2Br)c(Br)c1. The molecule has 0 N–H and O–H groups in total. The van der Waals surface area contributed by atoms with Crippen LogP contribution in [0.5, 0.6) is 5.75 Å². The molecule has 2 aromatic rings. The van der Waals surface area contributed by atoms with Gasteiger partial charge in [-0.05, 0) is 44.0 Å². The Morgan fingerprint density at radius 1 is 1.10 bits per heavy atom. The van der Waals surface area contributed by atoms with Crippen LogP contribution in [0.2, 0.25) is 0 Å². The molecule has 110 valence electrons. The summed E-state index contributed by atoms with van der Waals surface area (Å²) in [6.45, 7) is 0.190. The zero-order valence-corrected chi connectivity index (χ0v) is 15.0. The summed E-state index contributed by atoms with van der Waals surface area (Å²) >= 11 is 9.73. The average molecular weight is 484 g/mol. The molecule has 2 rings (SSSR count). The van der Waals surface area contributed by atoms with Crippen LogP contribution in [-0.4, -0.2) is 4.92 Å². The van der Waals surface area contributed by atoms with Crippen molar-refractivity contribution in [2.24, 2.45) is 0 Å². The minimum absolute atomic E-state index is 0.0518. The van der Waals surface area contributed by atoms with E-state index in [2.05, 4.69) is 47.8 Å². The number of hydrogen-bond donors (Lipinski definition) is 0. The van der Waals surface area contributed by atoms with E-state index in [0.29, 0.717) is 19.2 Å². The molecule has 0 fully saturated rings. The van der Waals surface area contributed by atoms with Gasteiger partial charge in [0, 0.05) is 22.2 Å². The second-order valence-corrected chi connectivity index (χ2v) is 6.58. The molecule has 4 nitrogen and oxygen atoms in total. The average Bonchev–Trinajstić information content (AvgIpc) is 2.39. The van der Waals surface area contributed by atoms with Crippen molar-refractivity contribution >= 4 is 53.5 Å². The molecule has 0 unspecified atom stereocenters. The van der Waals surface area contributed by atoms with E-state index in [4.69, 9.17) is 4.74 Å². The highest BCUT2D eigenvalue weighted by atomic mass is 79.9. The summed E-state index contributed by atoms with van der Waals surface area (Å²) in [4.78, 5) is 10.3. The van der Waals surface area contributed by atoms with E-state index < -0.39 is 4.92 Å². The molecule has 0 aliphatic heterocycles. The number of non-ortho nitro benzene ring substituents is 1. The molecule has 0 bridgehead atoms. The molecule has 0 heterocycles. The van der Waals surface area contributed by atoms with Crippen LogP contribution in [-0.2, 0) is 6.61 Å². The van der Waals surface area contributed by atoms with Gasteiger partial charge in [-0.1, -0.05) is 22.0 Å². The van der Waals surface area contributed by atoms with Crippen LogP contribution >= 0.6 is 47.8 Å². The number of halogens is 4. The number of hydrogen-bond acceptors (Lipinski definition) is 3. The fraction of sp³-hybridized carbons (Fsp3) is 0.0769. The molecule has 0 radical (unpaired) electrons. The van der Waals surface area contributed by atoms with Crippen LogP contribution < -0.4 is 4.74 Å². The summed E-state index contributed by atoms with van der Waals surface area (Å²) in [5.74, 6) is 0.0974. The van der Waals surface area contributed by atoms with Gasteiger partial charge in [0.15, 0.2) is 0 Å². The molecule has 0 aliphatic rings. The topological polar surface area (TPSA) is 52.4 Å².